The predicted octanol–water partition coefficient (Wildman–Crippen LogP) is 2.44. The summed E-state index contributed by atoms with van der Waals surface area (Å²) in [6.45, 7) is 0. The molecule has 1 aromatic carbocycles. The monoisotopic (exact) mass is 243 g/mol. The molecule has 0 saturated carbocycles. The quantitative estimate of drug-likeness (QED) is 0.820. The topological polar surface area (TPSA) is 20.3 Å². The first-order chi connectivity index (χ1) is 7.06. The van der Waals surface area contributed by atoms with E-state index in [0.717, 1.165) is 5.56 Å². The molecule has 0 spiro atoms. The maximum atomic E-state index is 11.7. The molecule has 0 saturated heterocycles. The van der Waals surface area contributed by atoms with Crippen LogP contribution in [0.25, 0.3) is 0 Å². The van der Waals surface area contributed by atoms with Gasteiger partial charge >= 0.3 is 0 Å². The van der Waals surface area contributed by atoms with Crippen LogP contribution in [0.5, 0.6) is 0 Å². The van der Waals surface area contributed by atoms with E-state index >= 15 is 0 Å². The first-order valence-corrected chi connectivity index (χ1v) is 5.62. The molecular formula is C11H14ClNOS. The number of halogens is 1. The van der Waals surface area contributed by atoms with Crippen LogP contribution in [0.2, 0.25) is 5.02 Å². The summed E-state index contributed by atoms with van der Waals surface area (Å²) in [7, 11) is 3.74. The van der Waals surface area contributed by atoms with Crippen molar-refractivity contribution in [1.82, 2.24) is 4.90 Å². The van der Waals surface area contributed by atoms with Crippen molar-refractivity contribution in [2.75, 3.05) is 19.8 Å². The fraction of sp³-hybridized carbons (Fsp3) is 0.364. The van der Waals surface area contributed by atoms with Crippen molar-refractivity contribution < 1.29 is 4.79 Å². The lowest BCUT2D eigenvalue weighted by atomic mass is 10.0. The minimum atomic E-state index is -0.263. The Kier molecular flexibility index (Phi) is 4.64. The SMILES string of the molecule is CN(C)C(C(=O)CS)c1cccc(Cl)c1. The fourth-order valence-electron chi connectivity index (χ4n) is 1.54. The van der Waals surface area contributed by atoms with Gasteiger partial charge in [-0.3, -0.25) is 9.69 Å². The molecule has 15 heavy (non-hydrogen) atoms. The zero-order chi connectivity index (χ0) is 11.4. The number of rotatable bonds is 4. The van der Waals surface area contributed by atoms with Gasteiger partial charge in [-0.25, -0.2) is 0 Å². The Hall–Kier alpha value is -0.510. The average Bonchev–Trinajstić information content (AvgIpc) is 2.17. The van der Waals surface area contributed by atoms with Crippen LogP contribution in [0.1, 0.15) is 11.6 Å². The molecule has 0 N–H and O–H groups in total. The number of carbonyl (C=O) groups is 1. The zero-order valence-electron chi connectivity index (χ0n) is 8.77. The molecule has 0 aliphatic rings. The summed E-state index contributed by atoms with van der Waals surface area (Å²) in [6.07, 6.45) is 0. The van der Waals surface area contributed by atoms with Gasteiger partial charge in [-0.2, -0.15) is 12.6 Å². The Morgan fingerprint density at radius 2 is 2.20 bits per heavy atom. The van der Waals surface area contributed by atoms with Crippen molar-refractivity contribution >= 4 is 30.0 Å². The van der Waals surface area contributed by atoms with Crippen molar-refractivity contribution in [3.05, 3.63) is 34.9 Å². The molecule has 0 fully saturated rings. The molecule has 1 unspecified atom stereocenters. The lowest BCUT2D eigenvalue weighted by Crippen LogP contribution is -2.28. The van der Waals surface area contributed by atoms with Crippen LogP contribution in [-0.2, 0) is 4.79 Å². The van der Waals surface area contributed by atoms with Crippen molar-refractivity contribution in [2.45, 2.75) is 6.04 Å². The molecule has 0 radical (unpaired) electrons. The van der Waals surface area contributed by atoms with Crippen LogP contribution < -0.4 is 0 Å². The van der Waals surface area contributed by atoms with Crippen LogP contribution in [-0.4, -0.2) is 30.5 Å². The molecule has 0 aliphatic carbocycles. The van der Waals surface area contributed by atoms with Gasteiger partial charge in [0.15, 0.2) is 5.78 Å². The second-order valence-electron chi connectivity index (χ2n) is 3.55. The number of ketones is 1. The standard InChI is InChI=1S/C11H14ClNOS/c1-13(2)11(10(14)7-15)8-4-3-5-9(12)6-8/h3-6,11,15H,7H2,1-2H3. The van der Waals surface area contributed by atoms with Gasteiger partial charge in [0.1, 0.15) is 0 Å². The zero-order valence-corrected chi connectivity index (χ0v) is 10.4. The van der Waals surface area contributed by atoms with Gasteiger partial charge in [0.2, 0.25) is 0 Å². The van der Waals surface area contributed by atoms with Crippen LogP contribution >= 0.6 is 24.2 Å². The van der Waals surface area contributed by atoms with Crippen LogP contribution in [0.3, 0.4) is 0 Å². The van der Waals surface area contributed by atoms with Crippen molar-refractivity contribution in [2.24, 2.45) is 0 Å². The summed E-state index contributed by atoms with van der Waals surface area (Å²) >= 11 is 9.91. The number of hydrogen-bond acceptors (Lipinski definition) is 3. The van der Waals surface area contributed by atoms with E-state index in [-0.39, 0.29) is 17.6 Å². The Labute approximate surface area is 101 Å². The molecule has 1 atom stereocenters. The maximum Gasteiger partial charge on any atom is 0.164 e. The number of nitrogens with zero attached hydrogens (tertiary/aromatic N) is 1. The van der Waals surface area contributed by atoms with Gasteiger partial charge in [-0.15, -0.1) is 0 Å². The Balaban J connectivity index is 3.04. The third kappa shape index (κ3) is 3.23. The summed E-state index contributed by atoms with van der Waals surface area (Å²) in [5.74, 6) is 0.306. The fourth-order valence-corrected chi connectivity index (χ4v) is 1.91. The number of benzene rings is 1. The van der Waals surface area contributed by atoms with Crippen LogP contribution in [0, 0.1) is 0 Å². The molecule has 0 aromatic heterocycles. The highest BCUT2D eigenvalue weighted by atomic mass is 35.5. The first kappa shape index (κ1) is 12.6. The molecule has 1 rings (SSSR count). The molecule has 4 heteroatoms. The lowest BCUT2D eigenvalue weighted by Gasteiger charge is -2.22. The van der Waals surface area contributed by atoms with Gasteiger partial charge < -0.3 is 0 Å². The van der Waals surface area contributed by atoms with E-state index in [0.29, 0.717) is 5.02 Å². The van der Waals surface area contributed by atoms with Gasteiger partial charge in [-0.05, 0) is 31.8 Å². The summed E-state index contributed by atoms with van der Waals surface area (Å²) in [4.78, 5) is 13.6. The second kappa shape index (κ2) is 5.54. The number of Topliss-reactive ketones (excluding diaryl/α,β-unsaturated/α-hetero) is 1. The third-order valence-corrected chi connectivity index (χ3v) is 2.69. The summed E-state index contributed by atoms with van der Waals surface area (Å²) in [6, 6.07) is 7.09. The molecule has 2 nitrogen and oxygen atoms in total. The Bertz CT molecular complexity index is 354. The van der Waals surface area contributed by atoms with E-state index < -0.39 is 0 Å². The van der Waals surface area contributed by atoms with E-state index in [1.165, 1.54) is 0 Å². The predicted molar refractivity (Wildman–Crippen MR) is 66.7 cm³/mol. The Morgan fingerprint density at radius 1 is 1.53 bits per heavy atom. The van der Waals surface area contributed by atoms with Crippen LogP contribution in [0.15, 0.2) is 24.3 Å². The normalized spacial score (nSPS) is 12.9. The van der Waals surface area contributed by atoms with E-state index in [1.54, 1.807) is 6.07 Å². The molecule has 0 amide bonds. The van der Waals surface area contributed by atoms with Crippen molar-refractivity contribution in [1.29, 1.82) is 0 Å². The Morgan fingerprint density at radius 3 is 2.67 bits per heavy atom. The molecule has 82 valence electrons. The smallest absolute Gasteiger partial charge is 0.164 e. The highest BCUT2D eigenvalue weighted by molar-refractivity contribution is 7.81. The summed E-state index contributed by atoms with van der Waals surface area (Å²) in [5, 5.41) is 0.645. The number of carbonyl (C=O) groups excluding carboxylic acids is 1. The minimum Gasteiger partial charge on any atom is -0.297 e. The summed E-state index contributed by atoms with van der Waals surface area (Å²) < 4.78 is 0. The van der Waals surface area contributed by atoms with Crippen molar-refractivity contribution in [3.63, 3.8) is 0 Å². The average molecular weight is 244 g/mol. The number of hydrogen-bond donors (Lipinski definition) is 1. The molecule has 0 aliphatic heterocycles. The highest BCUT2D eigenvalue weighted by Crippen LogP contribution is 2.22. The van der Waals surface area contributed by atoms with E-state index in [4.69, 9.17) is 11.6 Å². The van der Waals surface area contributed by atoms with Gasteiger partial charge in [0.25, 0.3) is 0 Å². The molecule has 0 heterocycles. The van der Waals surface area contributed by atoms with E-state index in [2.05, 4.69) is 12.6 Å². The lowest BCUT2D eigenvalue weighted by molar-refractivity contribution is -0.121. The third-order valence-electron chi connectivity index (χ3n) is 2.14. The summed E-state index contributed by atoms with van der Waals surface area (Å²) in [5.41, 5.74) is 0.909. The van der Waals surface area contributed by atoms with E-state index in [9.17, 15) is 4.79 Å². The molecular weight excluding hydrogens is 230 g/mol. The molecule has 1 aromatic rings. The van der Waals surface area contributed by atoms with Gasteiger partial charge in [0.05, 0.1) is 11.8 Å². The minimum absolute atomic E-state index is 0.0746. The number of thiol groups is 1. The first-order valence-electron chi connectivity index (χ1n) is 4.61. The molecule has 0 bridgehead atoms. The van der Waals surface area contributed by atoms with Gasteiger partial charge in [0, 0.05) is 5.02 Å². The van der Waals surface area contributed by atoms with Gasteiger partial charge in [-0.1, -0.05) is 23.7 Å². The second-order valence-corrected chi connectivity index (χ2v) is 4.30. The highest BCUT2D eigenvalue weighted by Gasteiger charge is 2.21. The maximum absolute atomic E-state index is 11.7. The largest absolute Gasteiger partial charge is 0.297 e. The van der Waals surface area contributed by atoms with Crippen molar-refractivity contribution in [3.8, 4) is 0 Å². The van der Waals surface area contributed by atoms with E-state index in [1.807, 2.05) is 37.2 Å². The van der Waals surface area contributed by atoms with Crippen LogP contribution in [0.4, 0.5) is 0 Å². The number of likely N-dealkylation sites (N-methyl/N-ethyl adjacent to an activating group) is 1.